The van der Waals surface area contributed by atoms with Crippen LogP contribution in [-0.4, -0.2) is 32.0 Å². The van der Waals surface area contributed by atoms with Crippen molar-refractivity contribution < 1.29 is 17.6 Å². The van der Waals surface area contributed by atoms with Gasteiger partial charge in [-0.1, -0.05) is 0 Å². The molecule has 0 aromatic heterocycles. The third kappa shape index (κ3) is 3.13. The van der Waals surface area contributed by atoms with Gasteiger partial charge in [-0.15, -0.1) is 11.6 Å². The number of carbonyl (C=O) groups is 1. The Morgan fingerprint density at radius 2 is 2.00 bits per heavy atom. The van der Waals surface area contributed by atoms with Crippen LogP contribution in [-0.2, 0) is 14.6 Å². The highest BCUT2D eigenvalue weighted by atomic mass is 35.5. The summed E-state index contributed by atoms with van der Waals surface area (Å²) in [6, 6.07) is 4.63. The van der Waals surface area contributed by atoms with E-state index < -0.39 is 27.6 Å². The van der Waals surface area contributed by atoms with Gasteiger partial charge < -0.3 is 4.90 Å². The van der Waals surface area contributed by atoms with E-state index in [1.165, 1.54) is 35.2 Å². The number of sulfone groups is 1. The van der Waals surface area contributed by atoms with E-state index >= 15 is 0 Å². The number of anilines is 1. The van der Waals surface area contributed by atoms with Gasteiger partial charge in [-0.3, -0.25) is 4.79 Å². The van der Waals surface area contributed by atoms with Crippen LogP contribution in [0.2, 0.25) is 0 Å². The first-order valence-electron chi connectivity index (χ1n) is 5.47. The number of hydrogen-bond donors (Lipinski definition) is 0. The van der Waals surface area contributed by atoms with Gasteiger partial charge in [-0.25, -0.2) is 12.8 Å². The van der Waals surface area contributed by atoms with E-state index in [2.05, 4.69) is 0 Å². The van der Waals surface area contributed by atoms with Crippen molar-refractivity contribution in [1.82, 2.24) is 0 Å². The minimum atomic E-state index is -3.29. The van der Waals surface area contributed by atoms with Gasteiger partial charge >= 0.3 is 0 Å². The molecule has 4 nitrogen and oxygen atoms in total. The average Bonchev–Trinajstić information content (AvgIpc) is 2.72. The zero-order valence-electron chi connectivity index (χ0n) is 9.79. The van der Waals surface area contributed by atoms with Gasteiger partial charge in [-0.05, 0) is 30.3 Å². The molecule has 7 heteroatoms. The van der Waals surface area contributed by atoms with Crippen molar-refractivity contribution >= 4 is 33.0 Å². The minimum Gasteiger partial charge on any atom is -0.303 e. The van der Waals surface area contributed by atoms with Crippen LogP contribution in [0.5, 0.6) is 0 Å². The molecular weight excluding hydrogens is 293 g/mol. The molecule has 1 aromatic carbocycles. The molecule has 1 unspecified atom stereocenters. The summed E-state index contributed by atoms with van der Waals surface area (Å²) in [5.74, 6) is -1.33. The summed E-state index contributed by atoms with van der Waals surface area (Å²) in [6.45, 7) is 0. The van der Waals surface area contributed by atoms with Crippen molar-refractivity contribution in [3.8, 4) is 0 Å². The molecule has 1 amide bonds. The molecule has 0 fully saturated rings. The van der Waals surface area contributed by atoms with E-state index in [9.17, 15) is 17.6 Å². The number of hydrogen-bond acceptors (Lipinski definition) is 3. The topological polar surface area (TPSA) is 54.5 Å². The molecule has 0 N–H and O–H groups in total. The zero-order valence-corrected chi connectivity index (χ0v) is 11.4. The summed E-state index contributed by atoms with van der Waals surface area (Å²) >= 11 is 5.54. The lowest BCUT2D eigenvalue weighted by atomic mass is 10.2. The molecule has 102 valence electrons. The lowest BCUT2D eigenvalue weighted by molar-refractivity contribution is -0.116. The number of rotatable bonds is 3. The van der Waals surface area contributed by atoms with Crippen molar-refractivity contribution in [3.63, 3.8) is 0 Å². The monoisotopic (exact) mass is 303 g/mol. The Labute approximate surface area is 115 Å². The summed E-state index contributed by atoms with van der Waals surface area (Å²) in [4.78, 5) is 13.1. The fourth-order valence-corrected chi connectivity index (χ4v) is 3.30. The number of nitrogens with zero attached hydrogens (tertiary/aromatic N) is 1. The second-order valence-corrected chi connectivity index (χ2v) is 6.30. The van der Waals surface area contributed by atoms with E-state index in [1.807, 2.05) is 0 Å². The molecule has 0 radical (unpaired) electrons. The smallest absolute Gasteiger partial charge is 0.242 e. The van der Waals surface area contributed by atoms with Crippen LogP contribution in [0.15, 0.2) is 35.7 Å². The van der Waals surface area contributed by atoms with E-state index in [1.54, 1.807) is 0 Å². The first-order chi connectivity index (χ1) is 8.93. The first kappa shape index (κ1) is 14.0. The Morgan fingerprint density at radius 3 is 2.47 bits per heavy atom. The summed E-state index contributed by atoms with van der Waals surface area (Å²) in [5.41, 5.74) is 0.416. The molecule has 19 heavy (non-hydrogen) atoms. The molecule has 1 atom stereocenters. The molecule has 0 aliphatic carbocycles. The number of halogens is 2. The van der Waals surface area contributed by atoms with Crippen molar-refractivity contribution in [2.24, 2.45) is 0 Å². The Morgan fingerprint density at radius 1 is 1.37 bits per heavy atom. The molecule has 0 saturated heterocycles. The van der Waals surface area contributed by atoms with E-state index in [-0.39, 0.29) is 11.6 Å². The van der Waals surface area contributed by atoms with Crippen LogP contribution in [0.25, 0.3) is 0 Å². The lowest BCUT2D eigenvalue weighted by Crippen LogP contribution is -2.42. The standard InChI is InChI=1S/C12H11ClFNO3S/c13-7-12(16)15(10-3-1-9(14)2-4-10)11-5-6-19(17,18)8-11/h1-6,11H,7-8H2. The average molecular weight is 304 g/mol. The van der Waals surface area contributed by atoms with Gasteiger partial charge in [0.2, 0.25) is 5.91 Å². The predicted octanol–water partition coefficient (Wildman–Crippen LogP) is 1.71. The first-order valence-corrected chi connectivity index (χ1v) is 7.72. The van der Waals surface area contributed by atoms with Gasteiger partial charge in [0.25, 0.3) is 0 Å². The zero-order chi connectivity index (χ0) is 14.0. The highest BCUT2D eigenvalue weighted by molar-refractivity contribution is 7.94. The van der Waals surface area contributed by atoms with Crippen LogP contribution in [0.1, 0.15) is 0 Å². The van der Waals surface area contributed by atoms with Gasteiger partial charge in [0, 0.05) is 11.1 Å². The maximum Gasteiger partial charge on any atom is 0.242 e. The highest BCUT2D eigenvalue weighted by Gasteiger charge is 2.30. The van der Waals surface area contributed by atoms with Gasteiger partial charge in [0.05, 0.1) is 11.8 Å². The van der Waals surface area contributed by atoms with Gasteiger partial charge in [-0.2, -0.15) is 0 Å². The lowest BCUT2D eigenvalue weighted by Gasteiger charge is -2.26. The molecule has 1 aliphatic heterocycles. The van der Waals surface area contributed by atoms with E-state index in [0.717, 1.165) is 5.41 Å². The third-order valence-electron chi connectivity index (χ3n) is 2.73. The summed E-state index contributed by atoms with van der Waals surface area (Å²) < 4.78 is 35.7. The maximum atomic E-state index is 12.9. The van der Waals surface area contributed by atoms with Crippen molar-refractivity contribution in [2.45, 2.75) is 6.04 Å². The SMILES string of the molecule is O=C(CCl)N(c1ccc(F)cc1)C1C=CS(=O)(=O)C1. The molecule has 1 heterocycles. The molecule has 1 aromatic rings. The second-order valence-electron chi connectivity index (χ2n) is 4.10. The fourth-order valence-electron chi connectivity index (χ4n) is 1.91. The van der Waals surface area contributed by atoms with Crippen LogP contribution in [0.3, 0.4) is 0 Å². The van der Waals surface area contributed by atoms with Crippen molar-refractivity contribution in [1.29, 1.82) is 0 Å². The predicted molar refractivity (Wildman–Crippen MR) is 71.3 cm³/mol. The third-order valence-corrected chi connectivity index (χ3v) is 4.34. The van der Waals surface area contributed by atoms with Crippen LogP contribution in [0, 0.1) is 5.82 Å². The highest BCUT2D eigenvalue weighted by Crippen LogP contribution is 2.23. The molecule has 0 saturated carbocycles. The van der Waals surface area contributed by atoms with Crippen molar-refractivity contribution in [2.75, 3.05) is 16.5 Å². The largest absolute Gasteiger partial charge is 0.303 e. The van der Waals surface area contributed by atoms with E-state index in [4.69, 9.17) is 11.6 Å². The Hall–Kier alpha value is -1.40. The van der Waals surface area contributed by atoms with Crippen LogP contribution >= 0.6 is 11.6 Å². The number of amides is 1. The molecule has 2 rings (SSSR count). The van der Waals surface area contributed by atoms with Crippen LogP contribution in [0.4, 0.5) is 10.1 Å². The normalized spacial score (nSPS) is 20.4. The van der Waals surface area contributed by atoms with Gasteiger partial charge in [0.15, 0.2) is 9.84 Å². The Balaban J connectivity index is 2.35. The summed E-state index contributed by atoms with van der Waals surface area (Å²) in [6.07, 6.45) is 1.43. The molecule has 0 bridgehead atoms. The number of benzene rings is 1. The molecule has 0 spiro atoms. The van der Waals surface area contributed by atoms with Crippen molar-refractivity contribution in [3.05, 3.63) is 41.6 Å². The summed E-state index contributed by atoms with van der Waals surface area (Å²) in [7, 11) is -3.29. The fraction of sp³-hybridized carbons (Fsp3) is 0.250. The summed E-state index contributed by atoms with van der Waals surface area (Å²) in [5, 5.41) is 1.08. The molecule has 1 aliphatic rings. The second kappa shape index (κ2) is 5.30. The van der Waals surface area contributed by atoms with Gasteiger partial charge in [0.1, 0.15) is 11.7 Å². The van der Waals surface area contributed by atoms with E-state index in [0.29, 0.717) is 5.69 Å². The number of carbonyl (C=O) groups excluding carboxylic acids is 1. The van der Waals surface area contributed by atoms with Crippen LogP contribution < -0.4 is 4.90 Å². The minimum absolute atomic E-state index is 0.187. The molecular formula is C12H11ClFNO3S. The quantitative estimate of drug-likeness (QED) is 0.799. The Bertz CT molecular complexity index is 612. The maximum absolute atomic E-state index is 12.9. The number of alkyl halides is 1. The Kier molecular flexibility index (Phi) is 3.91.